The van der Waals surface area contributed by atoms with Gasteiger partial charge in [-0.25, -0.2) is 14.4 Å². The van der Waals surface area contributed by atoms with Crippen LogP contribution in [0.25, 0.3) is 0 Å². The zero-order valence-corrected chi connectivity index (χ0v) is 19.8. The van der Waals surface area contributed by atoms with Gasteiger partial charge in [0.2, 0.25) is 0 Å². The normalized spacial score (nSPS) is 12.7. The molecule has 0 bridgehead atoms. The fourth-order valence-corrected chi connectivity index (χ4v) is 3.07. The Hall–Kier alpha value is -0.100. The highest BCUT2D eigenvalue weighted by Gasteiger charge is 2.34. The Morgan fingerprint density at radius 1 is 1.24 bits per heavy atom. The number of rotatable bonds is 5. The minimum absolute atomic E-state index is 0. The number of hydrogen-bond acceptors (Lipinski definition) is 5. The molecule has 0 aliphatic heterocycles. The van der Waals surface area contributed by atoms with Gasteiger partial charge >= 0.3 is 17.9 Å². The van der Waals surface area contributed by atoms with Crippen LogP contribution < -0.4 is 28.9 Å². The van der Waals surface area contributed by atoms with Crippen LogP contribution in [-0.4, -0.2) is 71.5 Å². The first-order chi connectivity index (χ1) is 11.1. The van der Waals surface area contributed by atoms with E-state index >= 15 is 0 Å². The van der Waals surface area contributed by atoms with Gasteiger partial charge in [0, 0.05) is 21.2 Å². The predicted molar refractivity (Wildman–Crippen MR) is 101 cm³/mol. The van der Waals surface area contributed by atoms with Gasteiger partial charge in [0.15, 0.2) is 0 Å². The zero-order valence-electron chi connectivity index (χ0n) is 13.3. The van der Waals surface area contributed by atoms with E-state index in [-0.39, 0.29) is 46.5 Å². The molecule has 0 spiro atoms. The monoisotopic (exact) mass is 690 g/mol. The third-order valence-electron chi connectivity index (χ3n) is 3.11. The van der Waals surface area contributed by atoms with Crippen molar-refractivity contribution in [2.45, 2.75) is 6.10 Å². The Labute approximate surface area is 188 Å². The summed E-state index contributed by atoms with van der Waals surface area (Å²) in [5, 5.41) is 27.8. The molecule has 11 heteroatoms. The Morgan fingerprint density at radius 2 is 1.80 bits per heavy atom. The van der Waals surface area contributed by atoms with Crippen LogP contribution in [-0.2, 0) is 0 Å². The van der Waals surface area contributed by atoms with Gasteiger partial charge in [-0.3, -0.25) is 4.90 Å². The van der Waals surface area contributed by atoms with E-state index in [0.717, 1.165) is 0 Å². The van der Waals surface area contributed by atoms with Gasteiger partial charge in [0.05, 0.1) is 17.7 Å². The number of benzene rings is 1. The molecule has 0 aromatic heterocycles. The number of nitrogens with zero attached hydrogens (tertiary/aromatic N) is 1. The lowest BCUT2D eigenvalue weighted by atomic mass is 10.1. The highest BCUT2D eigenvalue weighted by Crippen LogP contribution is 2.21. The maximum absolute atomic E-state index is 12.7. The summed E-state index contributed by atoms with van der Waals surface area (Å²) >= 11 is 3.79. The molecular formula is C14H17I3N2O6. The number of carboxylic acids is 1. The van der Waals surface area contributed by atoms with Crippen LogP contribution in [0.2, 0.25) is 0 Å². The van der Waals surface area contributed by atoms with Gasteiger partial charge in [0.25, 0.3) is 0 Å². The summed E-state index contributed by atoms with van der Waals surface area (Å²) in [6, 6.07) is 2.10. The average molecular weight is 690 g/mol. The second-order valence-electron chi connectivity index (χ2n) is 5.17. The molecule has 0 saturated heterocycles. The zero-order chi connectivity index (χ0) is 18.6. The molecule has 4 N–H and O–H groups in total. The van der Waals surface area contributed by atoms with Crippen molar-refractivity contribution in [3.8, 4) is 0 Å². The third kappa shape index (κ3) is 6.53. The van der Waals surface area contributed by atoms with Gasteiger partial charge in [-0.05, 0) is 57.3 Å². The molecule has 1 aromatic carbocycles. The van der Waals surface area contributed by atoms with Crippen molar-refractivity contribution in [2.75, 3.05) is 27.2 Å². The van der Waals surface area contributed by atoms with Gasteiger partial charge in [-0.15, -0.1) is 0 Å². The number of carbonyl (C=O) groups is 3. The number of halogens is 3. The van der Waals surface area contributed by atoms with Crippen LogP contribution in [0.4, 0.5) is 4.79 Å². The maximum atomic E-state index is 12.7. The van der Waals surface area contributed by atoms with Crippen molar-refractivity contribution < 1.29 is 58.6 Å². The van der Waals surface area contributed by atoms with Crippen molar-refractivity contribution in [2.24, 2.45) is 0 Å². The Bertz CT molecular complexity index is 668. The van der Waals surface area contributed by atoms with Crippen LogP contribution in [0.15, 0.2) is 12.1 Å². The molecule has 0 saturated carbocycles. The summed E-state index contributed by atoms with van der Waals surface area (Å²) in [4.78, 5) is 37.2. The first kappa shape index (κ1) is 24.9. The number of aliphatic hydroxyl groups excluding tert-OH is 2. The van der Waals surface area contributed by atoms with E-state index < -0.39 is 30.6 Å². The molecule has 0 fully saturated rings. The fraction of sp³-hybridized carbons (Fsp3) is 0.357. The van der Waals surface area contributed by atoms with Crippen LogP contribution >= 0.6 is 45.2 Å². The lowest BCUT2D eigenvalue weighted by Gasteiger charge is -2.20. The van der Waals surface area contributed by atoms with Crippen LogP contribution in [0, 0.1) is 7.14 Å². The maximum Gasteiger partial charge on any atom is 0.424 e. The molecule has 0 radical (unpaired) electrons. The second kappa shape index (κ2) is 10.9. The average Bonchev–Trinajstić information content (AvgIpc) is 2.52. The fourth-order valence-electron chi connectivity index (χ4n) is 1.90. The number of carboxylic acid groups (broad SMARTS) is 1. The third-order valence-corrected chi connectivity index (χ3v) is 6.15. The van der Waals surface area contributed by atoms with E-state index in [4.69, 9.17) is 5.11 Å². The number of urea groups is 1. The van der Waals surface area contributed by atoms with E-state index in [1.165, 1.54) is 31.1 Å². The van der Waals surface area contributed by atoms with E-state index in [1.807, 2.05) is 45.2 Å². The number of carbonyl (C=O) groups excluding carboxylic acids is 2. The first-order valence-corrected chi connectivity index (χ1v) is 8.89. The molecule has 3 amide bonds. The number of aliphatic hydroxyl groups is 2. The largest absolute Gasteiger partial charge is 1.00 e. The summed E-state index contributed by atoms with van der Waals surface area (Å²) in [5.74, 6) is -1.85. The van der Waals surface area contributed by atoms with Crippen molar-refractivity contribution in [1.29, 1.82) is 0 Å². The van der Waals surface area contributed by atoms with Crippen molar-refractivity contribution >= 4 is 63.1 Å². The Morgan fingerprint density at radius 3 is 2.24 bits per heavy atom. The van der Waals surface area contributed by atoms with E-state index in [2.05, 4.69) is 0 Å². The topological polar surface area (TPSA) is 120 Å². The van der Waals surface area contributed by atoms with Crippen molar-refractivity contribution in [1.82, 2.24) is 4.90 Å². The quantitative estimate of drug-likeness (QED) is 0.240. The SMILES string of the molecule is CN(C)C(=O)[NH+](CC(O)CO)C(=O)c1cc(I)c(I)c(C(=O)O)c1.[I-]. The van der Waals surface area contributed by atoms with E-state index in [1.54, 1.807) is 0 Å². The predicted octanol–water partition coefficient (Wildman–Crippen LogP) is -3.34. The van der Waals surface area contributed by atoms with Crippen molar-refractivity contribution in [3.05, 3.63) is 30.4 Å². The molecule has 0 aliphatic rings. The number of amides is 3. The van der Waals surface area contributed by atoms with Gasteiger partial charge in [-0.2, -0.15) is 4.90 Å². The molecular weight excluding hydrogens is 673 g/mol. The van der Waals surface area contributed by atoms with Gasteiger partial charge < -0.3 is 39.3 Å². The lowest BCUT2D eigenvalue weighted by Crippen LogP contribution is -3.19. The number of imide groups is 1. The molecule has 8 nitrogen and oxygen atoms in total. The van der Waals surface area contributed by atoms with Crippen molar-refractivity contribution in [3.63, 3.8) is 0 Å². The molecule has 25 heavy (non-hydrogen) atoms. The summed E-state index contributed by atoms with van der Waals surface area (Å²) < 4.78 is 1.06. The number of hydrogen-bond donors (Lipinski definition) is 4. The number of nitrogens with one attached hydrogen (secondary N) is 1. The van der Waals surface area contributed by atoms with Crippen LogP contribution in [0.3, 0.4) is 0 Å². The van der Waals surface area contributed by atoms with Gasteiger partial charge in [0.1, 0.15) is 12.6 Å². The minimum Gasteiger partial charge on any atom is -1.00 e. The second-order valence-corrected chi connectivity index (χ2v) is 7.41. The van der Waals surface area contributed by atoms with Crippen LogP contribution in [0.1, 0.15) is 20.7 Å². The minimum atomic E-state index is -1.25. The Kier molecular flexibility index (Phi) is 10.9. The first-order valence-electron chi connectivity index (χ1n) is 6.73. The summed E-state index contributed by atoms with van der Waals surface area (Å²) in [6.45, 7) is -0.917. The smallest absolute Gasteiger partial charge is 0.424 e. The highest BCUT2D eigenvalue weighted by molar-refractivity contribution is 14.1. The lowest BCUT2D eigenvalue weighted by molar-refractivity contribution is -0.734. The molecule has 0 heterocycles. The summed E-state index contributed by atoms with van der Waals surface area (Å²) in [6.07, 6.45) is -1.25. The van der Waals surface area contributed by atoms with E-state index in [0.29, 0.717) is 7.14 Å². The van der Waals surface area contributed by atoms with Gasteiger partial charge in [-0.1, -0.05) is 0 Å². The number of aromatic carboxylic acids is 1. The standard InChI is InChI=1S/C14H16I2N2O6.HI/c1-17(2)14(24)18(5-8(20)6-19)12(21)7-3-9(13(22)23)11(16)10(15)4-7;/h3-4,8,19-20H,5-6H2,1-2H3,(H,22,23);1H. The molecule has 1 aromatic rings. The molecule has 0 aliphatic carbocycles. The Balaban J connectivity index is 0.00000576. The summed E-state index contributed by atoms with van der Waals surface area (Å²) in [7, 11) is 2.92. The molecule has 140 valence electrons. The van der Waals surface area contributed by atoms with E-state index in [9.17, 15) is 24.6 Å². The molecule has 2 unspecified atom stereocenters. The number of quaternary nitrogens is 1. The molecule has 2 atom stereocenters. The van der Waals surface area contributed by atoms with Crippen LogP contribution in [0.5, 0.6) is 0 Å². The summed E-state index contributed by atoms with van der Waals surface area (Å²) in [5.41, 5.74) is 0.0118. The highest BCUT2D eigenvalue weighted by atomic mass is 127. The molecule has 1 rings (SSSR count).